The van der Waals surface area contributed by atoms with Crippen LogP contribution < -0.4 is 4.90 Å². The van der Waals surface area contributed by atoms with Crippen LogP contribution in [0, 0.1) is 6.92 Å². The van der Waals surface area contributed by atoms with Gasteiger partial charge in [-0.05, 0) is 45.7 Å². The first kappa shape index (κ1) is 19.9. The Labute approximate surface area is 172 Å². The molecule has 2 fully saturated rings. The predicted octanol–water partition coefficient (Wildman–Crippen LogP) is 1.50. The van der Waals surface area contributed by atoms with E-state index in [0.29, 0.717) is 43.3 Å². The van der Waals surface area contributed by atoms with Crippen LogP contribution in [0.2, 0.25) is 0 Å². The van der Waals surface area contributed by atoms with Crippen molar-refractivity contribution in [2.24, 2.45) is 0 Å². The molecule has 3 amide bonds. The minimum atomic E-state index is -0.458. The van der Waals surface area contributed by atoms with Gasteiger partial charge in [-0.15, -0.1) is 0 Å². The fraction of sp³-hybridized carbons (Fsp3) is 0.591. The molecule has 1 atom stereocenters. The largest absolute Gasteiger partial charge is 0.339 e. The average Bonchev–Trinajstić information content (AvgIpc) is 3.18. The Morgan fingerprint density at radius 2 is 1.83 bits per heavy atom. The Morgan fingerprint density at radius 1 is 1.10 bits per heavy atom. The lowest BCUT2D eigenvalue weighted by molar-refractivity contribution is -0.133. The van der Waals surface area contributed by atoms with E-state index in [1.54, 1.807) is 9.80 Å². The first-order chi connectivity index (χ1) is 13.9. The molecule has 7 heteroatoms. The number of amides is 3. The number of carbonyl (C=O) groups is 3. The molecule has 3 aliphatic rings. The third kappa shape index (κ3) is 3.64. The topological polar surface area (TPSA) is 64.2 Å². The zero-order chi connectivity index (χ0) is 20.7. The maximum Gasteiger partial charge on any atom is 0.256 e. The van der Waals surface area contributed by atoms with Crippen molar-refractivity contribution in [2.75, 3.05) is 44.2 Å². The lowest BCUT2D eigenvalue weighted by Gasteiger charge is -2.37. The molecule has 0 bridgehead atoms. The van der Waals surface area contributed by atoms with E-state index in [1.807, 2.05) is 30.0 Å². The molecule has 156 valence electrons. The van der Waals surface area contributed by atoms with Gasteiger partial charge in [0.1, 0.15) is 12.6 Å². The number of fused-ring (bicyclic) bond motifs is 2. The SMILES string of the molecule is Cc1ccc2c(c1)C(=O)N1CCC[C@H]1C(=O)N2CC(=O)N1CCN(C(C)C)CC1. The molecule has 0 aliphatic carbocycles. The summed E-state index contributed by atoms with van der Waals surface area (Å²) in [7, 11) is 0. The Kier molecular flexibility index (Phi) is 5.34. The summed E-state index contributed by atoms with van der Waals surface area (Å²) in [5.41, 5.74) is 2.06. The average molecular weight is 399 g/mol. The number of hydrogen-bond donors (Lipinski definition) is 0. The van der Waals surface area contributed by atoms with Crippen molar-refractivity contribution in [3.8, 4) is 0 Å². The zero-order valence-corrected chi connectivity index (χ0v) is 17.6. The van der Waals surface area contributed by atoms with E-state index in [0.717, 1.165) is 25.1 Å². The van der Waals surface area contributed by atoms with Crippen molar-refractivity contribution in [2.45, 2.75) is 45.7 Å². The van der Waals surface area contributed by atoms with Crippen LogP contribution in [0.25, 0.3) is 0 Å². The van der Waals surface area contributed by atoms with Gasteiger partial charge in [0.15, 0.2) is 0 Å². The summed E-state index contributed by atoms with van der Waals surface area (Å²) < 4.78 is 0. The van der Waals surface area contributed by atoms with E-state index in [-0.39, 0.29) is 24.3 Å². The van der Waals surface area contributed by atoms with E-state index in [4.69, 9.17) is 0 Å². The highest BCUT2D eigenvalue weighted by molar-refractivity contribution is 6.12. The minimum Gasteiger partial charge on any atom is -0.339 e. The molecule has 0 aromatic heterocycles. The fourth-order valence-electron chi connectivity index (χ4n) is 4.66. The maximum atomic E-state index is 13.3. The second kappa shape index (κ2) is 7.78. The summed E-state index contributed by atoms with van der Waals surface area (Å²) in [6.07, 6.45) is 1.48. The van der Waals surface area contributed by atoms with Gasteiger partial charge in [-0.2, -0.15) is 0 Å². The molecule has 0 N–H and O–H groups in total. The number of anilines is 1. The summed E-state index contributed by atoms with van der Waals surface area (Å²) in [6, 6.07) is 5.56. The van der Waals surface area contributed by atoms with Crippen molar-refractivity contribution < 1.29 is 14.4 Å². The van der Waals surface area contributed by atoms with Gasteiger partial charge in [0.2, 0.25) is 11.8 Å². The summed E-state index contributed by atoms with van der Waals surface area (Å²) in [5.74, 6) is -0.278. The number of aryl methyl sites for hydroxylation is 1. The summed E-state index contributed by atoms with van der Waals surface area (Å²) >= 11 is 0. The molecule has 4 rings (SSSR count). The van der Waals surface area contributed by atoms with Gasteiger partial charge in [0.25, 0.3) is 5.91 Å². The summed E-state index contributed by atoms with van der Waals surface area (Å²) in [5, 5.41) is 0. The quantitative estimate of drug-likeness (QED) is 0.774. The molecular weight excluding hydrogens is 368 g/mol. The molecule has 0 spiro atoms. The molecular formula is C22H30N4O3. The van der Waals surface area contributed by atoms with Crippen LogP contribution in [0.15, 0.2) is 18.2 Å². The van der Waals surface area contributed by atoms with Crippen molar-refractivity contribution in [1.82, 2.24) is 14.7 Å². The van der Waals surface area contributed by atoms with E-state index in [2.05, 4.69) is 18.7 Å². The highest BCUT2D eigenvalue weighted by Crippen LogP contribution is 2.33. The highest BCUT2D eigenvalue weighted by atomic mass is 16.2. The third-order valence-electron chi connectivity index (χ3n) is 6.43. The predicted molar refractivity (Wildman–Crippen MR) is 111 cm³/mol. The molecule has 0 saturated carbocycles. The lowest BCUT2D eigenvalue weighted by atomic mass is 10.1. The smallest absolute Gasteiger partial charge is 0.256 e. The standard InChI is InChI=1S/C22H30N4O3/c1-15(2)23-9-11-24(12-10-23)20(27)14-26-18-7-6-16(3)13-17(18)21(28)25-8-4-5-19(25)22(26)29/h6-7,13,15,19H,4-5,8-12,14H2,1-3H3/t19-/m0/s1. The number of piperazine rings is 1. The number of carbonyl (C=O) groups excluding carboxylic acids is 3. The molecule has 1 aromatic rings. The molecule has 2 saturated heterocycles. The molecule has 7 nitrogen and oxygen atoms in total. The lowest BCUT2D eigenvalue weighted by Crippen LogP contribution is -2.54. The fourth-order valence-corrected chi connectivity index (χ4v) is 4.66. The monoisotopic (exact) mass is 398 g/mol. The van der Waals surface area contributed by atoms with Crippen LogP contribution in [0.4, 0.5) is 5.69 Å². The highest BCUT2D eigenvalue weighted by Gasteiger charge is 2.42. The molecule has 3 heterocycles. The normalized spacial score (nSPS) is 22.8. The summed E-state index contributed by atoms with van der Waals surface area (Å²) in [6.45, 7) is 9.90. The van der Waals surface area contributed by atoms with Crippen molar-refractivity contribution >= 4 is 23.4 Å². The maximum absolute atomic E-state index is 13.3. The second-order valence-corrected chi connectivity index (χ2v) is 8.61. The van der Waals surface area contributed by atoms with Gasteiger partial charge in [-0.3, -0.25) is 19.3 Å². The van der Waals surface area contributed by atoms with Gasteiger partial charge in [-0.1, -0.05) is 11.6 Å². The van der Waals surface area contributed by atoms with Crippen LogP contribution in [0.1, 0.15) is 42.6 Å². The van der Waals surface area contributed by atoms with Crippen molar-refractivity contribution in [1.29, 1.82) is 0 Å². The number of nitrogens with zero attached hydrogens (tertiary/aromatic N) is 4. The number of benzene rings is 1. The van der Waals surface area contributed by atoms with Crippen LogP contribution >= 0.6 is 0 Å². The molecule has 3 aliphatic heterocycles. The Balaban J connectivity index is 1.59. The van der Waals surface area contributed by atoms with Gasteiger partial charge >= 0.3 is 0 Å². The zero-order valence-electron chi connectivity index (χ0n) is 17.6. The van der Waals surface area contributed by atoms with Gasteiger partial charge in [0, 0.05) is 38.8 Å². The first-order valence-corrected chi connectivity index (χ1v) is 10.6. The van der Waals surface area contributed by atoms with Crippen LogP contribution in [0.3, 0.4) is 0 Å². The third-order valence-corrected chi connectivity index (χ3v) is 6.43. The molecule has 29 heavy (non-hydrogen) atoms. The Hall–Kier alpha value is -2.41. The van der Waals surface area contributed by atoms with Gasteiger partial charge < -0.3 is 14.7 Å². The van der Waals surface area contributed by atoms with E-state index >= 15 is 0 Å². The van der Waals surface area contributed by atoms with Gasteiger partial charge in [-0.25, -0.2) is 0 Å². The number of rotatable bonds is 3. The van der Waals surface area contributed by atoms with E-state index < -0.39 is 6.04 Å². The van der Waals surface area contributed by atoms with E-state index in [9.17, 15) is 14.4 Å². The number of hydrogen-bond acceptors (Lipinski definition) is 4. The van der Waals surface area contributed by atoms with Crippen LogP contribution in [0.5, 0.6) is 0 Å². The van der Waals surface area contributed by atoms with Crippen molar-refractivity contribution in [3.63, 3.8) is 0 Å². The summed E-state index contributed by atoms with van der Waals surface area (Å²) in [4.78, 5) is 46.9. The van der Waals surface area contributed by atoms with E-state index in [1.165, 1.54) is 0 Å². The Morgan fingerprint density at radius 3 is 2.52 bits per heavy atom. The second-order valence-electron chi connectivity index (χ2n) is 8.61. The van der Waals surface area contributed by atoms with Crippen molar-refractivity contribution in [3.05, 3.63) is 29.3 Å². The minimum absolute atomic E-state index is 0.00576. The van der Waals surface area contributed by atoms with Crippen LogP contribution in [-0.4, -0.2) is 83.8 Å². The van der Waals surface area contributed by atoms with Crippen LogP contribution in [-0.2, 0) is 9.59 Å². The molecule has 0 radical (unpaired) electrons. The van der Waals surface area contributed by atoms with Gasteiger partial charge in [0.05, 0.1) is 11.3 Å². The molecule has 0 unspecified atom stereocenters. The Bertz CT molecular complexity index is 829. The molecule has 1 aromatic carbocycles. The first-order valence-electron chi connectivity index (χ1n) is 10.6.